The van der Waals surface area contributed by atoms with Gasteiger partial charge in [0.25, 0.3) is 0 Å². The molecular weight excluding hydrogens is 292 g/mol. The number of methoxy groups -OCH3 is 1. The van der Waals surface area contributed by atoms with Gasteiger partial charge in [0.05, 0.1) is 18.0 Å². The van der Waals surface area contributed by atoms with Gasteiger partial charge in [0.15, 0.2) is 0 Å². The van der Waals surface area contributed by atoms with Crippen LogP contribution >= 0.6 is 11.8 Å². The third kappa shape index (κ3) is 3.83. The number of urea groups is 1. The number of carboxylic acid groups (broad SMARTS) is 1. The zero-order valence-corrected chi connectivity index (χ0v) is 13.6. The maximum absolute atomic E-state index is 12.6. The fraction of sp³-hybridized carbons (Fsp3) is 0.857. The number of carboxylic acids is 1. The van der Waals surface area contributed by atoms with E-state index in [-0.39, 0.29) is 23.4 Å². The average molecular weight is 316 g/mol. The Balaban J connectivity index is 2.07. The van der Waals surface area contributed by atoms with Crippen molar-refractivity contribution in [2.75, 3.05) is 19.5 Å². The number of carbonyl (C=O) groups excluding carboxylic acids is 1. The summed E-state index contributed by atoms with van der Waals surface area (Å²) >= 11 is 1.59. The zero-order chi connectivity index (χ0) is 15.6. The summed E-state index contributed by atoms with van der Waals surface area (Å²) in [6.07, 6.45) is 2.17. The lowest BCUT2D eigenvalue weighted by Crippen LogP contribution is -2.54. The Morgan fingerprint density at radius 1 is 1.43 bits per heavy atom. The Labute approximate surface area is 129 Å². The third-order valence-corrected chi connectivity index (χ3v) is 5.50. The molecule has 6 nitrogen and oxygen atoms in total. The van der Waals surface area contributed by atoms with Crippen LogP contribution in [0.5, 0.6) is 0 Å². The van der Waals surface area contributed by atoms with E-state index in [1.807, 2.05) is 13.8 Å². The second-order valence-corrected chi connectivity index (χ2v) is 7.23. The molecule has 0 radical (unpaired) electrons. The van der Waals surface area contributed by atoms with Crippen LogP contribution < -0.4 is 5.32 Å². The number of hydrogen-bond donors (Lipinski definition) is 2. The zero-order valence-electron chi connectivity index (χ0n) is 12.7. The molecule has 2 rings (SSSR count). The van der Waals surface area contributed by atoms with Crippen molar-refractivity contribution in [1.82, 2.24) is 10.2 Å². The summed E-state index contributed by atoms with van der Waals surface area (Å²) in [5, 5.41) is 12.3. The van der Waals surface area contributed by atoms with Crippen molar-refractivity contribution in [2.45, 2.75) is 44.1 Å². The maximum Gasteiger partial charge on any atom is 0.327 e. The fourth-order valence-electron chi connectivity index (χ4n) is 2.53. The van der Waals surface area contributed by atoms with Crippen molar-refractivity contribution in [2.24, 2.45) is 11.8 Å². The van der Waals surface area contributed by atoms with Gasteiger partial charge in [0, 0.05) is 12.9 Å². The van der Waals surface area contributed by atoms with Crippen LogP contribution in [0.4, 0.5) is 4.79 Å². The van der Waals surface area contributed by atoms with Crippen LogP contribution in [0, 0.1) is 11.8 Å². The first-order chi connectivity index (χ1) is 9.95. The highest BCUT2D eigenvalue weighted by molar-refractivity contribution is 8.00. The molecule has 3 unspecified atom stereocenters. The van der Waals surface area contributed by atoms with Gasteiger partial charge in [0.2, 0.25) is 0 Å². The van der Waals surface area contributed by atoms with Gasteiger partial charge in [-0.15, -0.1) is 11.8 Å². The fourth-order valence-corrected chi connectivity index (χ4v) is 4.16. The van der Waals surface area contributed by atoms with Gasteiger partial charge in [-0.3, -0.25) is 4.90 Å². The van der Waals surface area contributed by atoms with Gasteiger partial charge in [-0.05, 0) is 24.7 Å². The van der Waals surface area contributed by atoms with Gasteiger partial charge in [-0.25, -0.2) is 9.59 Å². The first-order valence-electron chi connectivity index (χ1n) is 7.37. The lowest BCUT2D eigenvalue weighted by atomic mass is 10.1. The van der Waals surface area contributed by atoms with E-state index < -0.39 is 12.0 Å². The Kier molecular flexibility index (Phi) is 5.37. The summed E-state index contributed by atoms with van der Waals surface area (Å²) in [4.78, 5) is 25.5. The summed E-state index contributed by atoms with van der Waals surface area (Å²) in [7, 11) is 1.60. The van der Waals surface area contributed by atoms with Crippen molar-refractivity contribution in [3.63, 3.8) is 0 Å². The molecule has 0 aromatic rings. The van der Waals surface area contributed by atoms with Crippen LogP contribution in [0.25, 0.3) is 0 Å². The van der Waals surface area contributed by atoms with Gasteiger partial charge in [-0.2, -0.15) is 0 Å². The summed E-state index contributed by atoms with van der Waals surface area (Å²) in [6, 6.07) is -1.11. The molecule has 7 heteroatoms. The molecule has 0 aromatic heterocycles. The van der Waals surface area contributed by atoms with Gasteiger partial charge in [-0.1, -0.05) is 13.8 Å². The maximum atomic E-state index is 12.6. The van der Waals surface area contributed by atoms with Crippen LogP contribution in [0.3, 0.4) is 0 Å². The number of nitrogens with one attached hydrogen (secondary N) is 1. The van der Waals surface area contributed by atoms with E-state index in [4.69, 9.17) is 4.74 Å². The Bertz CT molecular complexity index is 400. The van der Waals surface area contributed by atoms with Crippen molar-refractivity contribution in [3.8, 4) is 0 Å². The summed E-state index contributed by atoms with van der Waals surface area (Å²) in [5.41, 5.74) is 0. The first kappa shape index (κ1) is 16.4. The van der Waals surface area contributed by atoms with E-state index in [0.29, 0.717) is 18.3 Å². The number of rotatable bonds is 6. The number of ether oxygens (including phenoxy) is 1. The highest BCUT2D eigenvalue weighted by atomic mass is 32.2. The number of carbonyl (C=O) groups is 2. The highest BCUT2D eigenvalue weighted by Gasteiger charge is 2.48. The standard InChI is InChI=1S/C14H24N2O4S/c1-8(2)10(6-20-3)15-14(19)16-11(13(17)18)7-21-12(16)9-4-5-9/h8-12H,4-7H2,1-3H3,(H,15,19)(H,17,18). The lowest BCUT2D eigenvalue weighted by Gasteiger charge is -2.31. The molecule has 21 heavy (non-hydrogen) atoms. The van der Waals surface area contributed by atoms with Gasteiger partial charge < -0.3 is 15.2 Å². The summed E-state index contributed by atoms with van der Waals surface area (Å²) < 4.78 is 5.13. The molecule has 3 atom stereocenters. The largest absolute Gasteiger partial charge is 0.480 e. The molecule has 1 aliphatic carbocycles. The number of amides is 2. The first-order valence-corrected chi connectivity index (χ1v) is 8.42. The highest BCUT2D eigenvalue weighted by Crippen LogP contribution is 2.45. The van der Waals surface area contributed by atoms with Crippen LogP contribution in [0.15, 0.2) is 0 Å². The molecule has 2 fully saturated rings. The molecule has 0 aromatic carbocycles. The number of hydrogen-bond acceptors (Lipinski definition) is 4. The molecule has 1 saturated heterocycles. The summed E-state index contributed by atoms with van der Waals surface area (Å²) in [5.74, 6) is 0.228. The molecule has 2 aliphatic rings. The SMILES string of the molecule is COCC(NC(=O)N1C(C(=O)O)CSC1C1CC1)C(C)C. The number of nitrogens with zero attached hydrogens (tertiary/aromatic N) is 1. The molecular formula is C14H24N2O4S. The van der Waals surface area contributed by atoms with E-state index in [9.17, 15) is 14.7 Å². The second-order valence-electron chi connectivity index (χ2n) is 6.08. The summed E-state index contributed by atoms with van der Waals surface area (Å²) in [6.45, 7) is 4.45. The van der Waals surface area contributed by atoms with E-state index in [2.05, 4.69) is 5.32 Å². The predicted molar refractivity (Wildman–Crippen MR) is 81.3 cm³/mol. The minimum absolute atomic E-state index is 0.00135. The van der Waals surface area contributed by atoms with Crippen molar-refractivity contribution in [1.29, 1.82) is 0 Å². The van der Waals surface area contributed by atoms with Crippen LogP contribution in [0.1, 0.15) is 26.7 Å². The Morgan fingerprint density at radius 2 is 2.10 bits per heavy atom. The van der Waals surface area contributed by atoms with Gasteiger partial charge in [0.1, 0.15) is 6.04 Å². The monoisotopic (exact) mass is 316 g/mol. The van der Waals surface area contributed by atoms with Crippen molar-refractivity contribution < 1.29 is 19.4 Å². The van der Waals surface area contributed by atoms with Crippen LogP contribution in [-0.4, -0.2) is 58.9 Å². The van der Waals surface area contributed by atoms with Gasteiger partial charge >= 0.3 is 12.0 Å². The average Bonchev–Trinajstić information content (AvgIpc) is 3.16. The molecule has 0 bridgehead atoms. The Hall–Kier alpha value is -0.950. The van der Waals surface area contributed by atoms with E-state index >= 15 is 0 Å². The molecule has 0 spiro atoms. The molecule has 1 aliphatic heterocycles. The van der Waals surface area contributed by atoms with E-state index in [1.54, 1.807) is 18.9 Å². The number of thioether (sulfide) groups is 1. The third-order valence-electron chi connectivity index (χ3n) is 4.04. The molecule has 1 heterocycles. The van der Waals surface area contributed by atoms with Crippen LogP contribution in [0.2, 0.25) is 0 Å². The Morgan fingerprint density at radius 3 is 2.57 bits per heavy atom. The predicted octanol–water partition coefficient (Wildman–Crippen LogP) is 1.61. The second kappa shape index (κ2) is 6.87. The molecule has 120 valence electrons. The quantitative estimate of drug-likeness (QED) is 0.778. The van der Waals surface area contributed by atoms with E-state index in [1.165, 1.54) is 4.90 Å². The van der Waals surface area contributed by atoms with Crippen LogP contribution in [-0.2, 0) is 9.53 Å². The van der Waals surface area contributed by atoms with E-state index in [0.717, 1.165) is 12.8 Å². The topological polar surface area (TPSA) is 78.9 Å². The van der Waals surface area contributed by atoms with Crippen molar-refractivity contribution >= 4 is 23.8 Å². The minimum atomic E-state index is -0.923. The minimum Gasteiger partial charge on any atom is -0.480 e. The smallest absolute Gasteiger partial charge is 0.327 e. The molecule has 2 amide bonds. The lowest BCUT2D eigenvalue weighted by molar-refractivity contribution is -0.141. The molecule has 2 N–H and O–H groups in total. The molecule has 1 saturated carbocycles. The van der Waals surface area contributed by atoms with Crippen molar-refractivity contribution in [3.05, 3.63) is 0 Å². The number of aliphatic carboxylic acids is 1. The normalized spacial score (nSPS) is 27.0.